The number of carbonyl (C=O) groups excluding carboxylic acids is 2. The maximum absolute atomic E-state index is 15.4. The number of pyridine rings is 2. The number of nitrogens with zero attached hydrogens (tertiary/aromatic N) is 4. The number of rotatable bonds is 18. The van der Waals surface area contributed by atoms with E-state index in [2.05, 4.69) is 57.5 Å². The van der Waals surface area contributed by atoms with Crippen LogP contribution in [0.4, 0.5) is 20.2 Å². The zero-order chi connectivity index (χ0) is 60.8. The third-order valence-electron chi connectivity index (χ3n) is 16.2. The zero-order valence-electron chi connectivity index (χ0n) is 49.8. The molecule has 2 aromatic heterocycles. The van der Waals surface area contributed by atoms with Crippen molar-refractivity contribution >= 4 is 76.6 Å². The first kappa shape index (κ1) is 64.5. The summed E-state index contributed by atoms with van der Waals surface area (Å²) in [7, 11) is 3.39. The standard InChI is InChI=1S/C34H46ClFN2O6Si.C28H32ClFN2O6/c1-21(2)29(20-44-45(8,9)34(3,4)5)38-19-26(33(40)42-7)32(39)25-16-22(30(41-6)18-28(25)38)14-23-15-24(17-27(35)31(23)36)37-10-12-43-13-11-37;1-16(2)24(15-33)32-14-21(28(35)37-4)27(34)20-11-17(25(36-3)13-23(20)32)9-18-10-19(12-22(29)26(18)30)31-5-7-38-8-6-31/h15-19,21,29H,10-14,20H2,1-9H3;10-14,16,24,33H,5-9,15H2,1-4H3/t29-;24-/m11/s1. The van der Waals surface area contributed by atoms with Gasteiger partial charge in [0.1, 0.15) is 34.3 Å². The first-order chi connectivity index (χ1) is 39.3. The highest BCUT2D eigenvalue weighted by Crippen LogP contribution is 2.40. The average molecular weight is 1210 g/mol. The van der Waals surface area contributed by atoms with E-state index in [0.717, 1.165) is 11.4 Å². The number of aliphatic hydroxyl groups is 1. The van der Waals surface area contributed by atoms with Gasteiger partial charge in [0.2, 0.25) is 10.9 Å². The monoisotopic (exact) mass is 1210 g/mol. The van der Waals surface area contributed by atoms with E-state index >= 15 is 8.78 Å². The fourth-order valence-corrected chi connectivity index (χ4v) is 11.7. The maximum atomic E-state index is 15.4. The van der Waals surface area contributed by atoms with Gasteiger partial charge in [-0.05, 0) is 88.6 Å². The van der Waals surface area contributed by atoms with Crippen LogP contribution >= 0.6 is 23.2 Å². The Labute approximate surface area is 495 Å². The highest BCUT2D eigenvalue weighted by atomic mass is 35.5. The van der Waals surface area contributed by atoms with Crippen LogP contribution in [0.1, 0.15) is 104 Å². The third-order valence-corrected chi connectivity index (χ3v) is 21.3. The molecule has 0 saturated carbocycles. The Hall–Kier alpha value is -6.06. The lowest BCUT2D eigenvalue weighted by Gasteiger charge is -2.38. The quantitative estimate of drug-likeness (QED) is 0.0637. The molecule has 2 aliphatic heterocycles. The second-order valence-electron chi connectivity index (χ2n) is 23.1. The molecule has 4 aromatic carbocycles. The van der Waals surface area contributed by atoms with Crippen LogP contribution in [0.25, 0.3) is 21.8 Å². The van der Waals surface area contributed by atoms with Gasteiger partial charge in [0.25, 0.3) is 0 Å². The lowest BCUT2D eigenvalue weighted by atomic mass is 9.98. The summed E-state index contributed by atoms with van der Waals surface area (Å²) in [6.07, 6.45) is 3.20. The smallest absolute Gasteiger partial charge is 0.343 e. The second-order valence-corrected chi connectivity index (χ2v) is 28.8. The lowest BCUT2D eigenvalue weighted by Crippen LogP contribution is -2.42. The number of aromatic nitrogens is 2. The van der Waals surface area contributed by atoms with E-state index in [1.54, 1.807) is 66.4 Å². The Morgan fingerprint density at radius 1 is 0.627 bits per heavy atom. The summed E-state index contributed by atoms with van der Waals surface area (Å²) in [4.78, 5) is 56.8. The number of anilines is 2. The number of carbonyl (C=O) groups is 2. The normalized spacial score (nSPS) is 14.9. The van der Waals surface area contributed by atoms with Crippen LogP contribution in [-0.4, -0.2) is 129 Å². The van der Waals surface area contributed by atoms with Crippen molar-refractivity contribution in [1.82, 2.24) is 9.13 Å². The van der Waals surface area contributed by atoms with Gasteiger partial charge in [0, 0.05) is 85.7 Å². The zero-order valence-corrected chi connectivity index (χ0v) is 52.3. The van der Waals surface area contributed by atoms with Crippen molar-refractivity contribution in [2.45, 2.75) is 91.5 Å². The van der Waals surface area contributed by atoms with Crippen LogP contribution in [0.3, 0.4) is 0 Å². The first-order valence-corrected chi connectivity index (χ1v) is 31.5. The molecule has 4 heterocycles. The first-order valence-electron chi connectivity index (χ1n) is 27.8. The summed E-state index contributed by atoms with van der Waals surface area (Å²) >= 11 is 12.6. The van der Waals surface area contributed by atoms with Gasteiger partial charge in [0.05, 0.1) is 101 Å². The van der Waals surface area contributed by atoms with Crippen molar-refractivity contribution in [3.8, 4) is 11.5 Å². The van der Waals surface area contributed by atoms with Gasteiger partial charge in [-0.25, -0.2) is 18.4 Å². The van der Waals surface area contributed by atoms with E-state index in [9.17, 15) is 24.3 Å². The number of benzene rings is 4. The van der Waals surface area contributed by atoms with Gasteiger partial charge in [-0.1, -0.05) is 71.7 Å². The summed E-state index contributed by atoms with van der Waals surface area (Å²) < 4.78 is 73.2. The number of esters is 2. The van der Waals surface area contributed by atoms with Crippen LogP contribution in [0.5, 0.6) is 11.5 Å². The van der Waals surface area contributed by atoms with E-state index in [4.69, 9.17) is 56.0 Å². The molecule has 0 amide bonds. The molecule has 0 bridgehead atoms. The van der Waals surface area contributed by atoms with Crippen LogP contribution in [0.15, 0.2) is 70.5 Å². The number of aliphatic hydroxyl groups excluding tert-OH is 1. The van der Waals surface area contributed by atoms with Gasteiger partial charge in [-0.15, -0.1) is 0 Å². The molecule has 0 spiro atoms. The van der Waals surface area contributed by atoms with Crippen molar-refractivity contribution in [3.05, 3.63) is 136 Å². The molecule has 8 rings (SSSR count). The molecule has 83 heavy (non-hydrogen) atoms. The van der Waals surface area contributed by atoms with Gasteiger partial charge >= 0.3 is 11.9 Å². The number of ether oxygens (including phenoxy) is 6. The Bertz CT molecular complexity index is 3460. The topological polar surface area (TPSA) is 169 Å². The summed E-state index contributed by atoms with van der Waals surface area (Å²) in [5.41, 5.74) is 3.28. The highest BCUT2D eigenvalue weighted by molar-refractivity contribution is 6.74. The van der Waals surface area contributed by atoms with E-state index in [1.807, 2.05) is 18.4 Å². The Kier molecular flexibility index (Phi) is 21.2. The van der Waals surface area contributed by atoms with Gasteiger partial charge in [-0.3, -0.25) is 9.59 Å². The molecule has 2 aliphatic rings. The van der Waals surface area contributed by atoms with Crippen molar-refractivity contribution in [3.63, 3.8) is 0 Å². The minimum absolute atomic E-state index is 0.00167. The average Bonchev–Trinajstić information content (AvgIpc) is 3.22. The minimum Gasteiger partial charge on any atom is -0.496 e. The summed E-state index contributed by atoms with van der Waals surface area (Å²) in [6, 6.07) is 12.9. The summed E-state index contributed by atoms with van der Waals surface area (Å²) in [5, 5.41) is 10.7. The molecule has 6 aromatic rings. The lowest BCUT2D eigenvalue weighted by molar-refractivity contribution is 0.0589. The molecule has 2 saturated heterocycles. The van der Waals surface area contributed by atoms with Crippen LogP contribution < -0.4 is 30.1 Å². The van der Waals surface area contributed by atoms with Crippen molar-refractivity contribution < 1.29 is 56.3 Å². The SMILES string of the molecule is COC(=O)c1cn([C@H](CO)C(C)C)c2cc(OC)c(Cc3cc(N4CCOCC4)cc(Cl)c3F)cc2c1=O.COC(=O)c1cn([C@H](CO[Si](C)(C)C(C)(C)C)C(C)C)c2cc(OC)c(Cc3cc(N4CCOCC4)cc(Cl)c3F)cc2c1=O. The molecular weight excluding hydrogens is 1130 g/mol. The van der Waals surface area contributed by atoms with Crippen molar-refractivity contribution in [1.29, 1.82) is 0 Å². The van der Waals surface area contributed by atoms with Gasteiger partial charge < -0.3 is 56.9 Å². The number of morpholine rings is 2. The minimum atomic E-state index is -2.11. The van der Waals surface area contributed by atoms with Crippen molar-refractivity contribution in [2.75, 3.05) is 104 Å². The van der Waals surface area contributed by atoms with E-state index in [1.165, 1.54) is 27.5 Å². The number of methoxy groups -OCH3 is 4. The van der Waals surface area contributed by atoms with Gasteiger partial charge in [-0.2, -0.15) is 0 Å². The highest BCUT2D eigenvalue weighted by Gasteiger charge is 2.38. The maximum Gasteiger partial charge on any atom is 0.343 e. The Morgan fingerprint density at radius 2 is 1.01 bits per heavy atom. The third kappa shape index (κ3) is 14.2. The van der Waals surface area contributed by atoms with E-state index in [-0.39, 0.29) is 68.9 Å². The molecule has 0 radical (unpaired) electrons. The van der Waals surface area contributed by atoms with Crippen molar-refractivity contribution in [2.24, 2.45) is 11.8 Å². The predicted octanol–water partition coefficient (Wildman–Crippen LogP) is 11.4. The molecule has 0 aliphatic carbocycles. The number of hydrogen-bond acceptors (Lipinski definition) is 14. The predicted molar refractivity (Wildman–Crippen MR) is 325 cm³/mol. The molecule has 2 atom stereocenters. The number of fused-ring (bicyclic) bond motifs is 2. The second kappa shape index (κ2) is 27.3. The molecule has 2 fully saturated rings. The Balaban J connectivity index is 0.000000242. The molecule has 16 nitrogen and oxygen atoms in total. The molecule has 0 unspecified atom stereocenters. The largest absolute Gasteiger partial charge is 0.496 e. The Morgan fingerprint density at radius 3 is 1.35 bits per heavy atom. The molecular formula is C62H78Cl2F2N4O12Si. The molecule has 1 N–H and O–H groups in total. The van der Waals surface area contributed by atoms with E-state index in [0.29, 0.717) is 109 Å². The summed E-state index contributed by atoms with van der Waals surface area (Å²) in [6.45, 7) is 24.2. The fourth-order valence-electron chi connectivity index (χ4n) is 10.2. The summed E-state index contributed by atoms with van der Waals surface area (Å²) in [5.74, 6) is -1.58. The molecule has 21 heteroatoms. The molecule has 450 valence electrons. The van der Waals surface area contributed by atoms with Crippen LogP contribution in [-0.2, 0) is 36.2 Å². The number of halogens is 4. The van der Waals surface area contributed by atoms with Crippen LogP contribution in [0.2, 0.25) is 28.2 Å². The van der Waals surface area contributed by atoms with E-state index < -0.39 is 48.8 Å². The fraction of sp³-hybridized carbons (Fsp3) is 0.484. The van der Waals surface area contributed by atoms with Gasteiger partial charge in [0.15, 0.2) is 8.32 Å². The number of hydrogen-bond donors (Lipinski definition) is 1. The van der Waals surface area contributed by atoms with Crippen LogP contribution in [0, 0.1) is 23.5 Å².